The first kappa shape index (κ1) is 46.3. The zero-order chi connectivity index (χ0) is 36.0. The standard InChI is InChI=1S/C43H79NO6/c1-3-5-7-9-11-19-27-38-48-42(45)32-23-17-13-15-21-30-41(50-40-47-37-29-36-44-34-25-26-35-44)31-22-16-14-18-24-33-43(46)49-39-28-20-12-10-8-6-4-2/h19-20,27-28,41H,3-18,21-26,29-40H2,1-2H3. The topological polar surface area (TPSA) is 74.3 Å². The summed E-state index contributed by atoms with van der Waals surface area (Å²) in [5.41, 5.74) is 0. The minimum Gasteiger partial charge on any atom is -0.461 e. The molecule has 7 heteroatoms. The second kappa shape index (κ2) is 37.1. The van der Waals surface area contributed by atoms with Crippen LogP contribution in [0.15, 0.2) is 24.3 Å². The SMILES string of the molecule is CCCCCCC=CCOC(=O)CCCCCCCC(CCCCCCCC(=O)OCC=CCCCCCC)OCOCCCN1CCCC1. The molecule has 292 valence electrons. The molecule has 0 aromatic rings. The largest absolute Gasteiger partial charge is 0.461 e. The van der Waals surface area contributed by atoms with Crippen molar-refractivity contribution in [2.75, 3.05) is 46.2 Å². The van der Waals surface area contributed by atoms with Crippen LogP contribution >= 0.6 is 0 Å². The molecule has 50 heavy (non-hydrogen) atoms. The van der Waals surface area contributed by atoms with Crippen LogP contribution in [-0.2, 0) is 28.5 Å². The summed E-state index contributed by atoms with van der Waals surface area (Å²) in [5, 5.41) is 0. The number of nitrogens with zero attached hydrogens (tertiary/aromatic N) is 1. The molecule has 0 saturated carbocycles. The zero-order valence-corrected chi connectivity index (χ0v) is 32.8. The van der Waals surface area contributed by atoms with Gasteiger partial charge >= 0.3 is 11.9 Å². The van der Waals surface area contributed by atoms with E-state index in [-0.39, 0.29) is 18.0 Å². The molecule has 1 fully saturated rings. The molecule has 7 nitrogen and oxygen atoms in total. The van der Waals surface area contributed by atoms with E-state index in [2.05, 4.69) is 30.9 Å². The number of unbranched alkanes of at least 4 members (excludes halogenated alkanes) is 16. The Labute approximate surface area is 308 Å². The highest BCUT2D eigenvalue weighted by Gasteiger charge is 2.12. The molecule has 0 bridgehead atoms. The van der Waals surface area contributed by atoms with Crippen LogP contribution < -0.4 is 0 Å². The lowest BCUT2D eigenvalue weighted by atomic mass is 10.0. The average Bonchev–Trinajstić information content (AvgIpc) is 3.64. The number of carbonyl (C=O) groups is 2. The maximum atomic E-state index is 12.0. The number of rotatable bonds is 37. The van der Waals surface area contributed by atoms with Crippen molar-refractivity contribution in [2.24, 2.45) is 0 Å². The number of allylic oxidation sites excluding steroid dienone is 2. The first-order valence-electron chi connectivity index (χ1n) is 21.2. The summed E-state index contributed by atoms with van der Waals surface area (Å²) in [5.74, 6) is -0.156. The number of hydrogen-bond donors (Lipinski definition) is 0. The van der Waals surface area contributed by atoms with Crippen molar-refractivity contribution in [3.63, 3.8) is 0 Å². The van der Waals surface area contributed by atoms with E-state index in [4.69, 9.17) is 18.9 Å². The van der Waals surface area contributed by atoms with Gasteiger partial charge in [-0.2, -0.15) is 0 Å². The van der Waals surface area contributed by atoms with Crippen molar-refractivity contribution in [3.05, 3.63) is 24.3 Å². The maximum Gasteiger partial charge on any atom is 0.306 e. The number of likely N-dealkylation sites (tertiary alicyclic amines) is 1. The lowest BCUT2D eigenvalue weighted by Crippen LogP contribution is -2.22. The van der Waals surface area contributed by atoms with Crippen molar-refractivity contribution in [2.45, 2.75) is 193 Å². The fourth-order valence-corrected chi connectivity index (χ4v) is 6.43. The van der Waals surface area contributed by atoms with Crippen LogP contribution in [0, 0.1) is 0 Å². The first-order valence-corrected chi connectivity index (χ1v) is 21.2. The minimum absolute atomic E-state index is 0.0781. The average molecular weight is 706 g/mol. The van der Waals surface area contributed by atoms with Crippen molar-refractivity contribution in [1.29, 1.82) is 0 Å². The number of esters is 2. The zero-order valence-electron chi connectivity index (χ0n) is 32.8. The van der Waals surface area contributed by atoms with Gasteiger partial charge < -0.3 is 23.8 Å². The molecule has 0 atom stereocenters. The molecule has 1 rings (SSSR count). The summed E-state index contributed by atoms with van der Waals surface area (Å²) in [6.45, 7) is 10.0. The fraction of sp³-hybridized carbons (Fsp3) is 0.860. The van der Waals surface area contributed by atoms with Gasteiger partial charge in [0.2, 0.25) is 0 Å². The van der Waals surface area contributed by atoms with Gasteiger partial charge in [0.1, 0.15) is 20.0 Å². The second-order valence-corrected chi connectivity index (χ2v) is 14.3. The molecule has 1 saturated heterocycles. The van der Waals surface area contributed by atoms with Crippen LogP contribution in [-0.4, -0.2) is 69.2 Å². The molecule has 0 N–H and O–H groups in total. The van der Waals surface area contributed by atoms with Crippen LogP contribution in [0.4, 0.5) is 0 Å². The third kappa shape index (κ3) is 32.2. The maximum absolute atomic E-state index is 12.0. The number of hydrogen-bond acceptors (Lipinski definition) is 7. The van der Waals surface area contributed by atoms with Crippen molar-refractivity contribution < 1.29 is 28.5 Å². The first-order chi connectivity index (χ1) is 24.7. The Morgan fingerprint density at radius 2 is 1.06 bits per heavy atom. The van der Waals surface area contributed by atoms with Gasteiger partial charge in [0.25, 0.3) is 0 Å². The molecule has 0 amide bonds. The fourth-order valence-electron chi connectivity index (χ4n) is 6.43. The highest BCUT2D eigenvalue weighted by Crippen LogP contribution is 2.17. The predicted octanol–water partition coefficient (Wildman–Crippen LogP) is 11.4. The van der Waals surface area contributed by atoms with Crippen molar-refractivity contribution >= 4 is 11.9 Å². The normalized spacial score (nSPS) is 14.3. The summed E-state index contributed by atoms with van der Waals surface area (Å²) >= 11 is 0. The predicted molar refractivity (Wildman–Crippen MR) is 208 cm³/mol. The van der Waals surface area contributed by atoms with Crippen LogP contribution in [0.25, 0.3) is 0 Å². The van der Waals surface area contributed by atoms with Gasteiger partial charge in [0, 0.05) is 19.4 Å². The Balaban J connectivity index is 2.14. The van der Waals surface area contributed by atoms with Gasteiger partial charge in [-0.1, -0.05) is 128 Å². The Morgan fingerprint density at radius 1 is 0.580 bits per heavy atom. The smallest absolute Gasteiger partial charge is 0.306 e. The van der Waals surface area contributed by atoms with E-state index in [9.17, 15) is 9.59 Å². The highest BCUT2D eigenvalue weighted by molar-refractivity contribution is 5.69. The third-order valence-corrected chi connectivity index (χ3v) is 9.63. The van der Waals surface area contributed by atoms with Crippen LogP contribution in [0.2, 0.25) is 0 Å². The lowest BCUT2D eigenvalue weighted by molar-refractivity contribution is -0.143. The Hall–Kier alpha value is -1.70. The highest BCUT2D eigenvalue weighted by atomic mass is 16.7. The van der Waals surface area contributed by atoms with Gasteiger partial charge in [0.05, 0.1) is 12.7 Å². The molecule has 0 aromatic carbocycles. The Kier molecular flexibility index (Phi) is 34.3. The third-order valence-electron chi connectivity index (χ3n) is 9.63. The molecule has 0 aromatic heterocycles. The van der Waals surface area contributed by atoms with E-state index in [0.29, 0.717) is 32.8 Å². The van der Waals surface area contributed by atoms with Gasteiger partial charge in [-0.15, -0.1) is 0 Å². The molecular formula is C43H79NO6. The van der Waals surface area contributed by atoms with Gasteiger partial charge in [-0.25, -0.2) is 0 Å². The van der Waals surface area contributed by atoms with Crippen molar-refractivity contribution in [3.8, 4) is 0 Å². The molecule has 1 aliphatic heterocycles. The number of carbonyl (C=O) groups excluding carboxylic acids is 2. The van der Waals surface area contributed by atoms with E-state index in [1.54, 1.807) is 0 Å². The van der Waals surface area contributed by atoms with E-state index >= 15 is 0 Å². The summed E-state index contributed by atoms with van der Waals surface area (Å²) in [6, 6.07) is 0. The van der Waals surface area contributed by atoms with E-state index in [0.717, 1.165) is 109 Å². The molecule has 0 spiro atoms. The summed E-state index contributed by atoms with van der Waals surface area (Å²) in [4.78, 5) is 26.6. The van der Waals surface area contributed by atoms with Gasteiger partial charge in [0.15, 0.2) is 0 Å². The lowest BCUT2D eigenvalue weighted by Gasteiger charge is -2.19. The van der Waals surface area contributed by atoms with Crippen LogP contribution in [0.3, 0.4) is 0 Å². The van der Waals surface area contributed by atoms with Crippen molar-refractivity contribution in [1.82, 2.24) is 4.90 Å². The number of ether oxygens (including phenoxy) is 4. The molecule has 0 radical (unpaired) electrons. The minimum atomic E-state index is -0.0781. The summed E-state index contributed by atoms with van der Waals surface area (Å²) < 4.78 is 22.8. The van der Waals surface area contributed by atoms with Crippen LogP contribution in [0.5, 0.6) is 0 Å². The summed E-state index contributed by atoms with van der Waals surface area (Å²) in [6.07, 6.45) is 38.5. The molecule has 0 unspecified atom stereocenters. The van der Waals surface area contributed by atoms with Crippen LogP contribution in [0.1, 0.15) is 187 Å². The monoisotopic (exact) mass is 706 g/mol. The quantitative estimate of drug-likeness (QED) is 0.0276. The van der Waals surface area contributed by atoms with E-state index in [1.165, 1.54) is 77.3 Å². The van der Waals surface area contributed by atoms with Gasteiger partial charge in [-0.05, 0) is 83.7 Å². The molecule has 1 heterocycles. The summed E-state index contributed by atoms with van der Waals surface area (Å²) in [7, 11) is 0. The van der Waals surface area contributed by atoms with E-state index < -0.39 is 0 Å². The van der Waals surface area contributed by atoms with Gasteiger partial charge in [-0.3, -0.25) is 9.59 Å². The van der Waals surface area contributed by atoms with E-state index in [1.807, 2.05) is 12.2 Å². The molecule has 0 aliphatic carbocycles. The molecular weight excluding hydrogens is 626 g/mol. The Morgan fingerprint density at radius 3 is 1.58 bits per heavy atom. The Bertz CT molecular complexity index is 757. The molecule has 1 aliphatic rings. The second-order valence-electron chi connectivity index (χ2n) is 14.3.